The molecule has 1 saturated heterocycles. The number of sulfonamides is 1. The molecule has 0 spiro atoms. The molecule has 1 aromatic heterocycles. The van der Waals surface area contributed by atoms with E-state index in [1.165, 1.54) is 10.6 Å². The van der Waals surface area contributed by atoms with E-state index in [1.54, 1.807) is 23.1 Å². The highest BCUT2D eigenvalue weighted by molar-refractivity contribution is 7.88. The maximum Gasteiger partial charge on any atom is 0.289 e. The molecule has 1 aliphatic rings. The van der Waals surface area contributed by atoms with Gasteiger partial charge in [0.2, 0.25) is 10.0 Å². The molecule has 0 atom stereocenters. The fourth-order valence-electron chi connectivity index (χ4n) is 2.64. The Bertz CT molecular complexity index is 854. The molecule has 3 rings (SSSR count). The molecule has 1 fully saturated rings. The predicted molar refractivity (Wildman–Crippen MR) is 91.5 cm³/mol. The van der Waals surface area contributed by atoms with Crippen LogP contribution in [0.1, 0.15) is 10.6 Å². The minimum Gasteiger partial charge on any atom is -0.451 e. The van der Waals surface area contributed by atoms with Crippen molar-refractivity contribution in [3.8, 4) is 11.3 Å². The molecule has 0 N–H and O–H groups in total. The molecule has 6 nitrogen and oxygen atoms in total. The van der Waals surface area contributed by atoms with E-state index in [0.717, 1.165) is 5.56 Å². The standard InChI is InChI=1S/C16H17ClN2O4S/c1-24(21,22)19-10-8-18(9-11-19)16(20)15-7-6-14(23-15)12-4-2-3-5-13(12)17/h2-7H,8-11H2,1H3. The zero-order chi connectivity index (χ0) is 17.3. The second-order valence-corrected chi connectivity index (χ2v) is 7.99. The van der Waals surface area contributed by atoms with E-state index >= 15 is 0 Å². The van der Waals surface area contributed by atoms with Gasteiger partial charge in [-0.15, -0.1) is 0 Å². The van der Waals surface area contributed by atoms with E-state index in [0.29, 0.717) is 37.0 Å². The second kappa shape index (κ2) is 6.58. The third kappa shape index (κ3) is 3.48. The van der Waals surface area contributed by atoms with E-state index in [4.69, 9.17) is 16.0 Å². The quantitative estimate of drug-likeness (QED) is 0.833. The van der Waals surface area contributed by atoms with E-state index in [1.807, 2.05) is 18.2 Å². The van der Waals surface area contributed by atoms with Crippen LogP contribution in [0.25, 0.3) is 11.3 Å². The van der Waals surface area contributed by atoms with Gasteiger partial charge in [0.05, 0.1) is 11.3 Å². The van der Waals surface area contributed by atoms with Gasteiger partial charge >= 0.3 is 0 Å². The minimum atomic E-state index is -3.22. The van der Waals surface area contributed by atoms with Crippen molar-refractivity contribution in [2.45, 2.75) is 0 Å². The summed E-state index contributed by atoms with van der Waals surface area (Å²) in [6.07, 6.45) is 1.17. The number of furan rings is 1. The first-order valence-electron chi connectivity index (χ1n) is 7.45. The van der Waals surface area contributed by atoms with Crippen LogP contribution in [-0.4, -0.2) is 56.0 Å². The molecule has 1 aliphatic heterocycles. The van der Waals surface area contributed by atoms with Crippen LogP contribution in [0.2, 0.25) is 5.02 Å². The van der Waals surface area contributed by atoms with Crippen molar-refractivity contribution in [1.82, 2.24) is 9.21 Å². The lowest BCUT2D eigenvalue weighted by Gasteiger charge is -2.32. The first-order chi connectivity index (χ1) is 11.4. The van der Waals surface area contributed by atoms with Crippen molar-refractivity contribution in [2.75, 3.05) is 32.4 Å². The van der Waals surface area contributed by atoms with Crippen LogP contribution >= 0.6 is 11.6 Å². The van der Waals surface area contributed by atoms with Crippen molar-refractivity contribution in [2.24, 2.45) is 0 Å². The SMILES string of the molecule is CS(=O)(=O)N1CCN(C(=O)c2ccc(-c3ccccc3Cl)o2)CC1. The lowest BCUT2D eigenvalue weighted by atomic mass is 10.2. The highest BCUT2D eigenvalue weighted by Gasteiger charge is 2.28. The number of benzene rings is 1. The molecule has 0 saturated carbocycles. The molecule has 0 radical (unpaired) electrons. The summed E-state index contributed by atoms with van der Waals surface area (Å²) >= 11 is 6.14. The molecule has 8 heteroatoms. The summed E-state index contributed by atoms with van der Waals surface area (Å²) in [5.41, 5.74) is 0.722. The normalized spacial score (nSPS) is 16.3. The molecule has 24 heavy (non-hydrogen) atoms. The summed E-state index contributed by atoms with van der Waals surface area (Å²) in [6.45, 7) is 1.27. The average Bonchev–Trinajstić information content (AvgIpc) is 3.03. The zero-order valence-electron chi connectivity index (χ0n) is 13.1. The van der Waals surface area contributed by atoms with Gasteiger partial charge in [0.15, 0.2) is 5.76 Å². The molecule has 0 unspecified atom stereocenters. The second-order valence-electron chi connectivity index (χ2n) is 5.60. The Morgan fingerprint density at radius 2 is 1.75 bits per heavy atom. The molecule has 0 aliphatic carbocycles. The van der Waals surface area contributed by atoms with Crippen LogP contribution in [-0.2, 0) is 10.0 Å². The topological polar surface area (TPSA) is 70.8 Å². The number of amides is 1. The van der Waals surface area contributed by atoms with Gasteiger partial charge in [-0.3, -0.25) is 4.79 Å². The first-order valence-corrected chi connectivity index (χ1v) is 9.68. The maximum absolute atomic E-state index is 12.5. The Morgan fingerprint density at radius 1 is 1.08 bits per heavy atom. The van der Waals surface area contributed by atoms with Gasteiger partial charge in [-0.2, -0.15) is 4.31 Å². The van der Waals surface area contributed by atoms with Crippen LogP contribution in [0.15, 0.2) is 40.8 Å². The summed E-state index contributed by atoms with van der Waals surface area (Å²) in [5.74, 6) is 0.498. The van der Waals surface area contributed by atoms with Crippen LogP contribution in [0.3, 0.4) is 0 Å². The number of halogens is 1. The molecular weight excluding hydrogens is 352 g/mol. The van der Waals surface area contributed by atoms with Crippen molar-refractivity contribution in [3.63, 3.8) is 0 Å². The predicted octanol–water partition coefficient (Wildman–Crippen LogP) is 2.32. The number of carbonyl (C=O) groups is 1. The summed E-state index contributed by atoms with van der Waals surface area (Å²) < 4.78 is 30.1. The third-order valence-electron chi connectivity index (χ3n) is 3.95. The fourth-order valence-corrected chi connectivity index (χ4v) is 3.69. The van der Waals surface area contributed by atoms with E-state index < -0.39 is 10.0 Å². The van der Waals surface area contributed by atoms with Crippen molar-refractivity contribution < 1.29 is 17.6 Å². The van der Waals surface area contributed by atoms with Gasteiger partial charge < -0.3 is 9.32 Å². The summed E-state index contributed by atoms with van der Waals surface area (Å²) in [5, 5.41) is 0.549. The number of carbonyl (C=O) groups excluding carboxylic acids is 1. The largest absolute Gasteiger partial charge is 0.451 e. The maximum atomic E-state index is 12.5. The smallest absolute Gasteiger partial charge is 0.289 e. The number of hydrogen-bond acceptors (Lipinski definition) is 4. The average molecular weight is 369 g/mol. The first kappa shape index (κ1) is 17.0. The van der Waals surface area contributed by atoms with Crippen LogP contribution < -0.4 is 0 Å². The monoisotopic (exact) mass is 368 g/mol. The summed E-state index contributed by atoms with van der Waals surface area (Å²) in [4.78, 5) is 14.1. The van der Waals surface area contributed by atoms with Gasteiger partial charge in [0.25, 0.3) is 5.91 Å². The van der Waals surface area contributed by atoms with Gasteiger partial charge in [0.1, 0.15) is 5.76 Å². The van der Waals surface area contributed by atoms with Gasteiger partial charge in [-0.05, 0) is 24.3 Å². The molecule has 128 valence electrons. The van der Waals surface area contributed by atoms with Crippen LogP contribution in [0.4, 0.5) is 0 Å². The highest BCUT2D eigenvalue weighted by atomic mass is 35.5. The molecule has 2 heterocycles. The number of piperazine rings is 1. The van der Waals surface area contributed by atoms with E-state index in [2.05, 4.69) is 0 Å². The Balaban J connectivity index is 1.72. The van der Waals surface area contributed by atoms with Crippen molar-refractivity contribution in [1.29, 1.82) is 0 Å². The van der Waals surface area contributed by atoms with E-state index in [9.17, 15) is 13.2 Å². The molecule has 0 bridgehead atoms. The Hall–Kier alpha value is -1.83. The Kier molecular flexibility index (Phi) is 4.67. The van der Waals surface area contributed by atoms with Crippen LogP contribution in [0, 0.1) is 0 Å². The van der Waals surface area contributed by atoms with Crippen molar-refractivity contribution in [3.05, 3.63) is 47.2 Å². The van der Waals surface area contributed by atoms with Gasteiger partial charge in [0, 0.05) is 31.7 Å². The Labute approximate surface area is 145 Å². The zero-order valence-corrected chi connectivity index (χ0v) is 14.7. The summed E-state index contributed by atoms with van der Waals surface area (Å²) in [6, 6.07) is 10.6. The minimum absolute atomic E-state index is 0.220. The van der Waals surface area contributed by atoms with Crippen molar-refractivity contribution >= 4 is 27.5 Å². The third-order valence-corrected chi connectivity index (χ3v) is 5.58. The number of nitrogens with zero attached hydrogens (tertiary/aromatic N) is 2. The fraction of sp³-hybridized carbons (Fsp3) is 0.312. The van der Waals surface area contributed by atoms with Gasteiger partial charge in [-0.25, -0.2) is 8.42 Å². The van der Waals surface area contributed by atoms with E-state index in [-0.39, 0.29) is 11.7 Å². The lowest BCUT2D eigenvalue weighted by Crippen LogP contribution is -2.50. The molecule has 1 amide bonds. The number of rotatable bonds is 3. The number of hydrogen-bond donors (Lipinski definition) is 0. The molecular formula is C16H17ClN2O4S. The van der Waals surface area contributed by atoms with Crippen LogP contribution in [0.5, 0.6) is 0 Å². The highest BCUT2D eigenvalue weighted by Crippen LogP contribution is 2.29. The molecule has 1 aromatic carbocycles. The molecule has 2 aromatic rings. The Morgan fingerprint density at radius 3 is 2.38 bits per heavy atom. The summed E-state index contributed by atoms with van der Waals surface area (Å²) in [7, 11) is -3.22. The van der Waals surface area contributed by atoms with Gasteiger partial charge in [-0.1, -0.05) is 23.7 Å². The lowest BCUT2D eigenvalue weighted by molar-refractivity contribution is 0.0667.